The third-order valence-corrected chi connectivity index (χ3v) is 3.61. The molecule has 0 aliphatic carbocycles. The standard InChI is InChI=1S/C13H16O2SSi/c1-15-13(14)8-7-11-5-6-12(16-11)9-10-17(2,3)4/h5-8H,1-4H3/b8-7+. The van der Waals surface area contributed by atoms with E-state index in [9.17, 15) is 4.79 Å². The van der Waals surface area contributed by atoms with Crippen molar-refractivity contribution >= 4 is 31.5 Å². The summed E-state index contributed by atoms with van der Waals surface area (Å²) in [6.45, 7) is 6.64. The van der Waals surface area contributed by atoms with Crippen LogP contribution in [-0.2, 0) is 9.53 Å². The van der Waals surface area contributed by atoms with Crippen molar-refractivity contribution in [1.29, 1.82) is 0 Å². The van der Waals surface area contributed by atoms with Gasteiger partial charge in [0.15, 0.2) is 0 Å². The summed E-state index contributed by atoms with van der Waals surface area (Å²) in [6.07, 6.45) is 3.16. The number of carbonyl (C=O) groups is 1. The van der Waals surface area contributed by atoms with E-state index in [-0.39, 0.29) is 5.97 Å². The topological polar surface area (TPSA) is 26.3 Å². The lowest BCUT2D eigenvalue weighted by Crippen LogP contribution is -2.16. The average Bonchev–Trinajstić information content (AvgIpc) is 2.70. The molecule has 1 heterocycles. The van der Waals surface area contributed by atoms with Crippen LogP contribution in [0.4, 0.5) is 0 Å². The molecule has 0 saturated heterocycles. The number of hydrogen-bond donors (Lipinski definition) is 0. The molecule has 0 radical (unpaired) electrons. The van der Waals surface area contributed by atoms with Crippen LogP contribution in [0.5, 0.6) is 0 Å². The number of methoxy groups -OCH3 is 1. The molecule has 90 valence electrons. The van der Waals surface area contributed by atoms with Crippen LogP contribution < -0.4 is 0 Å². The van der Waals surface area contributed by atoms with E-state index >= 15 is 0 Å². The molecule has 0 atom stereocenters. The Morgan fingerprint density at radius 2 is 2.12 bits per heavy atom. The largest absolute Gasteiger partial charge is 0.466 e. The van der Waals surface area contributed by atoms with Crippen molar-refractivity contribution in [2.75, 3.05) is 7.11 Å². The lowest BCUT2D eigenvalue weighted by molar-refractivity contribution is -0.134. The quantitative estimate of drug-likeness (QED) is 0.355. The first kappa shape index (κ1) is 13.8. The van der Waals surface area contributed by atoms with Crippen LogP contribution in [0.25, 0.3) is 6.08 Å². The highest BCUT2D eigenvalue weighted by molar-refractivity contribution is 7.13. The summed E-state index contributed by atoms with van der Waals surface area (Å²) in [5.41, 5.74) is 3.31. The van der Waals surface area contributed by atoms with Gasteiger partial charge in [-0.15, -0.1) is 16.9 Å². The summed E-state index contributed by atoms with van der Waals surface area (Å²) in [7, 11) is 0.0475. The normalized spacial score (nSPS) is 11.1. The molecular formula is C13H16O2SSi. The first-order valence-electron chi connectivity index (χ1n) is 5.30. The summed E-state index contributed by atoms with van der Waals surface area (Å²) in [5, 5.41) is 0. The van der Waals surface area contributed by atoms with Crippen molar-refractivity contribution in [3.63, 3.8) is 0 Å². The van der Waals surface area contributed by atoms with Gasteiger partial charge in [-0.25, -0.2) is 4.79 Å². The van der Waals surface area contributed by atoms with Gasteiger partial charge in [0, 0.05) is 11.0 Å². The molecule has 0 spiro atoms. The van der Waals surface area contributed by atoms with Crippen molar-refractivity contribution < 1.29 is 9.53 Å². The predicted molar refractivity (Wildman–Crippen MR) is 75.6 cm³/mol. The fraction of sp³-hybridized carbons (Fsp3) is 0.308. The van der Waals surface area contributed by atoms with Gasteiger partial charge < -0.3 is 4.74 Å². The SMILES string of the molecule is COC(=O)/C=C/c1ccc(C#C[Si](C)(C)C)s1. The molecule has 1 aromatic heterocycles. The van der Waals surface area contributed by atoms with Crippen LogP contribution >= 0.6 is 11.3 Å². The van der Waals surface area contributed by atoms with Gasteiger partial charge in [0.05, 0.1) is 12.0 Å². The molecule has 1 rings (SSSR count). The fourth-order valence-electron chi connectivity index (χ4n) is 0.977. The molecule has 0 aliphatic rings. The predicted octanol–water partition coefficient (Wildman–Crippen LogP) is 3.16. The lowest BCUT2D eigenvalue weighted by Gasteiger charge is -2.02. The van der Waals surface area contributed by atoms with Gasteiger partial charge in [-0.3, -0.25) is 0 Å². The first-order valence-corrected chi connectivity index (χ1v) is 9.61. The Bertz CT molecular complexity index is 483. The second kappa shape index (κ2) is 5.85. The third kappa shape index (κ3) is 5.52. The fourth-order valence-corrected chi connectivity index (χ4v) is 2.34. The second-order valence-electron chi connectivity index (χ2n) is 4.56. The highest BCUT2D eigenvalue weighted by atomic mass is 32.1. The van der Waals surface area contributed by atoms with Gasteiger partial charge in [-0.2, -0.15) is 0 Å². The van der Waals surface area contributed by atoms with Crippen molar-refractivity contribution in [3.8, 4) is 11.5 Å². The molecule has 0 aromatic carbocycles. The summed E-state index contributed by atoms with van der Waals surface area (Å²) >= 11 is 1.58. The van der Waals surface area contributed by atoms with Crippen molar-refractivity contribution in [3.05, 3.63) is 28.0 Å². The maximum Gasteiger partial charge on any atom is 0.330 e. The Balaban J connectivity index is 2.75. The van der Waals surface area contributed by atoms with Gasteiger partial charge in [0.25, 0.3) is 0 Å². The summed E-state index contributed by atoms with van der Waals surface area (Å²) in [4.78, 5) is 13.0. The van der Waals surface area contributed by atoms with E-state index in [4.69, 9.17) is 0 Å². The molecule has 0 aliphatic heterocycles. The van der Waals surface area contributed by atoms with Gasteiger partial charge >= 0.3 is 5.97 Å². The highest BCUT2D eigenvalue weighted by Crippen LogP contribution is 2.17. The maximum absolute atomic E-state index is 10.9. The number of carbonyl (C=O) groups excluding carboxylic acids is 1. The smallest absolute Gasteiger partial charge is 0.330 e. The number of rotatable bonds is 2. The van der Waals surface area contributed by atoms with Crippen LogP contribution in [0.1, 0.15) is 9.75 Å². The first-order chi connectivity index (χ1) is 7.90. The van der Waals surface area contributed by atoms with Gasteiger partial charge in [-0.05, 0) is 18.2 Å². The minimum absolute atomic E-state index is 0.340. The van der Waals surface area contributed by atoms with Gasteiger partial charge in [0.2, 0.25) is 0 Å². The number of hydrogen-bond acceptors (Lipinski definition) is 3. The minimum Gasteiger partial charge on any atom is -0.466 e. The number of ether oxygens (including phenoxy) is 1. The number of thiophene rings is 1. The molecule has 0 saturated carbocycles. The van der Waals surface area contributed by atoms with E-state index in [0.717, 1.165) is 9.75 Å². The summed E-state index contributed by atoms with van der Waals surface area (Å²) in [6, 6.07) is 3.94. The van der Waals surface area contributed by atoms with Crippen LogP contribution in [0.3, 0.4) is 0 Å². The molecule has 2 nitrogen and oxygen atoms in total. The average molecular weight is 264 g/mol. The Morgan fingerprint density at radius 1 is 1.41 bits per heavy atom. The molecule has 0 N–H and O–H groups in total. The van der Waals surface area contributed by atoms with Crippen molar-refractivity contribution in [2.45, 2.75) is 19.6 Å². The summed E-state index contributed by atoms with van der Waals surface area (Å²) < 4.78 is 4.53. The zero-order valence-electron chi connectivity index (χ0n) is 10.5. The Kier molecular flexibility index (Phi) is 4.73. The molecule has 0 amide bonds. The Labute approximate surface area is 107 Å². The van der Waals surface area contributed by atoms with Crippen LogP contribution in [0, 0.1) is 11.5 Å². The Morgan fingerprint density at radius 3 is 2.71 bits per heavy atom. The van der Waals surface area contributed by atoms with E-state index in [0.29, 0.717) is 0 Å². The molecule has 4 heteroatoms. The molecule has 0 unspecified atom stereocenters. The van der Waals surface area contributed by atoms with Crippen LogP contribution in [-0.4, -0.2) is 21.2 Å². The van der Waals surface area contributed by atoms with E-state index in [1.54, 1.807) is 17.4 Å². The van der Waals surface area contributed by atoms with Gasteiger partial charge in [-0.1, -0.05) is 25.6 Å². The van der Waals surface area contributed by atoms with E-state index in [1.165, 1.54) is 13.2 Å². The van der Waals surface area contributed by atoms with Crippen LogP contribution in [0.15, 0.2) is 18.2 Å². The van der Waals surface area contributed by atoms with E-state index in [2.05, 4.69) is 35.8 Å². The Hall–Kier alpha value is -1.31. The van der Waals surface area contributed by atoms with Crippen molar-refractivity contribution in [2.24, 2.45) is 0 Å². The highest BCUT2D eigenvalue weighted by Gasteiger charge is 2.07. The molecular weight excluding hydrogens is 248 g/mol. The molecule has 0 fully saturated rings. The molecule has 1 aromatic rings. The van der Waals surface area contributed by atoms with E-state index in [1.807, 2.05) is 12.1 Å². The molecule has 17 heavy (non-hydrogen) atoms. The van der Waals surface area contributed by atoms with Crippen molar-refractivity contribution in [1.82, 2.24) is 0 Å². The monoisotopic (exact) mass is 264 g/mol. The number of esters is 1. The summed E-state index contributed by atoms with van der Waals surface area (Å²) in [5.74, 6) is 2.85. The minimum atomic E-state index is -1.32. The molecule has 0 bridgehead atoms. The maximum atomic E-state index is 10.9. The zero-order valence-corrected chi connectivity index (χ0v) is 12.4. The van der Waals surface area contributed by atoms with Gasteiger partial charge in [0.1, 0.15) is 8.07 Å². The second-order valence-corrected chi connectivity index (χ2v) is 10.4. The third-order valence-electron chi connectivity index (χ3n) is 1.77. The van der Waals surface area contributed by atoms with E-state index < -0.39 is 8.07 Å². The lowest BCUT2D eigenvalue weighted by atomic mass is 10.4. The zero-order chi connectivity index (χ0) is 12.9. The van der Waals surface area contributed by atoms with Crippen LogP contribution in [0.2, 0.25) is 19.6 Å².